The van der Waals surface area contributed by atoms with Crippen molar-refractivity contribution >= 4 is 11.8 Å². The molecular formula is C22H26N2O3. The average Bonchev–Trinajstić information content (AvgIpc) is 2.69. The van der Waals surface area contributed by atoms with E-state index in [1.165, 1.54) is 6.42 Å². The van der Waals surface area contributed by atoms with Gasteiger partial charge in [-0.1, -0.05) is 38.0 Å². The van der Waals surface area contributed by atoms with E-state index in [0.717, 1.165) is 25.0 Å². The molecule has 0 saturated heterocycles. The summed E-state index contributed by atoms with van der Waals surface area (Å²) in [6.07, 6.45) is 4.55. The van der Waals surface area contributed by atoms with Crippen molar-refractivity contribution in [1.29, 1.82) is 0 Å². The minimum absolute atomic E-state index is 0.00960. The molecule has 0 aliphatic heterocycles. The summed E-state index contributed by atoms with van der Waals surface area (Å²) in [6.45, 7) is 2.16. The molecule has 2 atom stereocenters. The molecular weight excluding hydrogens is 340 g/mol. The molecule has 5 heteroatoms. The summed E-state index contributed by atoms with van der Waals surface area (Å²) < 4.78 is 5.71. The van der Waals surface area contributed by atoms with Crippen LogP contribution in [0.3, 0.4) is 0 Å². The topological polar surface area (TPSA) is 67.4 Å². The average molecular weight is 366 g/mol. The summed E-state index contributed by atoms with van der Waals surface area (Å²) in [6, 6.07) is 16.5. The van der Waals surface area contributed by atoms with E-state index >= 15 is 0 Å². The first kappa shape index (κ1) is 19.0. The molecule has 1 aliphatic carbocycles. The van der Waals surface area contributed by atoms with Crippen molar-refractivity contribution in [3.05, 3.63) is 60.2 Å². The van der Waals surface area contributed by atoms with Crippen LogP contribution >= 0.6 is 0 Å². The SMILES string of the molecule is C[C@H]1CCCC[C@H]1NC(=O)CNC(=O)c1ccc(Oc2ccccc2)cc1. The summed E-state index contributed by atoms with van der Waals surface area (Å²) in [5.41, 5.74) is 0.495. The molecule has 0 heterocycles. The maximum Gasteiger partial charge on any atom is 0.251 e. The van der Waals surface area contributed by atoms with Crippen LogP contribution in [0.15, 0.2) is 54.6 Å². The third-order valence-corrected chi connectivity index (χ3v) is 4.96. The summed E-state index contributed by atoms with van der Waals surface area (Å²) in [4.78, 5) is 24.3. The molecule has 1 saturated carbocycles. The molecule has 1 fully saturated rings. The van der Waals surface area contributed by atoms with E-state index in [9.17, 15) is 9.59 Å². The number of carbonyl (C=O) groups is 2. The van der Waals surface area contributed by atoms with Gasteiger partial charge in [0.05, 0.1) is 6.54 Å². The van der Waals surface area contributed by atoms with Gasteiger partial charge in [-0.15, -0.1) is 0 Å². The molecule has 0 unspecified atom stereocenters. The Balaban J connectivity index is 1.47. The molecule has 0 aromatic heterocycles. The predicted molar refractivity (Wildman–Crippen MR) is 105 cm³/mol. The molecule has 2 aromatic carbocycles. The van der Waals surface area contributed by atoms with Crippen molar-refractivity contribution in [2.45, 2.75) is 38.6 Å². The van der Waals surface area contributed by atoms with Gasteiger partial charge in [0.1, 0.15) is 11.5 Å². The predicted octanol–water partition coefficient (Wildman–Crippen LogP) is 3.90. The Morgan fingerprint density at radius 3 is 2.33 bits per heavy atom. The second-order valence-corrected chi connectivity index (χ2v) is 7.06. The highest BCUT2D eigenvalue weighted by Crippen LogP contribution is 2.23. The number of benzene rings is 2. The van der Waals surface area contributed by atoms with Gasteiger partial charge in [0.15, 0.2) is 0 Å². The van der Waals surface area contributed by atoms with Crippen LogP contribution in [0.25, 0.3) is 0 Å². The van der Waals surface area contributed by atoms with Gasteiger partial charge in [0, 0.05) is 11.6 Å². The normalized spacial score (nSPS) is 19.1. The summed E-state index contributed by atoms with van der Waals surface area (Å²) in [7, 11) is 0. The van der Waals surface area contributed by atoms with Crippen LogP contribution in [0.5, 0.6) is 11.5 Å². The zero-order valence-corrected chi connectivity index (χ0v) is 15.6. The lowest BCUT2D eigenvalue weighted by Gasteiger charge is -2.29. The lowest BCUT2D eigenvalue weighted by atomic mass is 9.86. The van der Waals surface area contributed by atoms with Crippen LogP contribution in [-0.2, 0) is 4.79 Å². The molecule has 0 radical (unpaired) electrons. The monoisotopic (exact) mass is 366 g/mol. The van der Waals surface area contributed by atoms with E-state index in [0.29, 0.717) is 17.2 Å². The highest BCUT2D eigenvalue weighted by Gasteiger charge is 2.22. The molecule has 2 N–H and O–H groups in total. The van der Waals surface area contributed by atoms with Crippen molar-refractivity contribution in [2.75, 3.05) is 6.54 Å². The van der Waals surface area contributed by atoms with Gasteiger partial charge in [-0.05, 0) is 55.2 Å². The largest absolute Gasteiger partial charge is 0.457 e. The Kier molecular flexibility index (Phi) is 6.47. The van der Waals surface area contributed by atoms with Gasteiger partial charge >= 0.3 is 0 Å². The zero-order valence-electron chi connectivity index (χ0n) is 15.6. The van der Waals surface area contributed by atoms with E-state index in [1.54, 1.807) is 24.3 Å². The van der Waals surface area contributed by atoms with Crippen LogP contribution in [-0.4, -0.2) is 24.4 Å². The summed E-state index contributed by atoms with van der Waals surface area (Å²) in [5.74, 6) is 1.49. The fraction of sp³-hybridized carbons (Fsp3) is 0.364. The van der Waals surface area contributed by atoms with Crippen LogP contribution in [0.4, 0.5) is 0 Å². The minimum Gasteiger partial charge on any atom is -0.457 e. The smallest absolute Gasteiger partial charge is 0.251 e. The van der Waals surface area contributed by atoms with Crippen molar-refractivity contribution in [2.24, 2.45) is 5.92 Å². The molecule has 1 aliphatic rings. The molecule has 142 valence electrons. The number of carbonyl (C=O) groups excluding carboxylic acids is 2. The number of hydrogen-bond donors (Lipinski definition) is 2. The fourth-order valence-electron chi connectivity index (χ4n) is 3.35. The van der Waals surface area contributed by atoms with E-state index in [1.807, 2.05) is 30.3 Å². The number of ether oxygens (including phenoxy) is 1. The van der Waals surface area contributed by atoms with Gasteiger partial charge < -0.3 is 15.4 Å². The molecule has 0 spiro atoms. The van der Waals surface area contributed by atoms with Crippen molar-refractivity contribution in [3.63, 3.8) is 0 Å². The first-order valence-corrected chi connectivity index (χ1v) is 9.52. The van der Waals surface area contributed by atoms with Gasteiger partial charge in [0.2, 0.25) is 5.91 Å². The number of nitrogens with one attached hydrogen (secondary N) is 2. The number of amides is 2. The first-order chi connectivity index (χ1) is 13.1. The third kappa shape index (κ3) is 5.58. The number of para-hydroxylation sites is 1. The van der Waals surface area contributed by atoms with Crippen LogP contribution in [0.2, 0.25) is 0 Å². The standard InChI is InChI=1S/C22H26N2O3/c1-16-7-5-6-10-20(16)24-21(25)15-23-22(26)17-11-13-19(14-12-17)27-18-8-3-2-4-9-18/h2-4,8-9,11-14,16,20H,5-7,10,15H2,1H3,(H,23,26)(H,24,25)/t16-,20+/m0/s1. The molecule has 3 rings (SSSR count). The maximum absolute atomic E-state index is 12.2. The third-order valence-electron chi connectivity index (χ3n) is 4.96. The Morgan fingerprint density at radius 2 is 1.63 bits per heavy atom. The molecule has 0 bridgehead atoms. The number of rotatable bonds is 6. The summed E-state index contributed by atoms with van der Waals surface area (Å²) >= 11 is 0. The second-order valence-electron chi connectivity index (χ2n) is 7.06. The van der Waals surface area contributed by atoms with Gasteiger partial charge in [0.25, 0.3) is 5.91 Å². The zero-order chi connectivity index (χ0) is 19.1. The maximum atomic E-state index is 12.2. The molecule has 5 nitrogen and oxygen atoms in total. The van der Waals surface area contributed by atoms with E-state index in [-0.39, 0.29) is 24.4 Å². The molecule has 2 aromatic rings. The minimum atomic E-state index is -0.270. The van der Waals surface area contributed by atoms with Crippen LogP contribution < -0.4 is 15.4 Å². The molecule has 2 amide bonds. The van der Waals surface area contributed by atoms with E-state index < -0.39 is 0 Å². The highest BCUT2D eigenvalue weighted by molar-refractivity contribution is 5.96. The van der Waals surface area contributed by atoms with Gasteiger partial charge in [-0.25, -0.2) is 0 Å². The quantitative estimate of drug-likeness (QED) is 0.815. The summed E-state index contributed by atoms with van der Waals surface area (Å²) in [5, 5.41) is 5.72. The Labute approximate surface area is 160 Å². The fourth-order valence-corrected chi connectivity index (χ4v) is 3.35. The van der Waals surface area contributed by atoms with Crippen molar-refractivity contribution < 1.29 is 14.3 Å². The Bertz CT molecular complexity index is 759. The highest BCUT2D eigenvalue weighted by atomic mass is 16.5. The lowest BCUT2D eigenvalue weighted by Crippen LogP contribution is -2.45. The first-order valence-electron chi connectivity index (χ1n) is 9.52. The van der Waals surface area contributed by atoms with Gasteiger partial charge in [-0.2, -0.15) is 0 Å². The lowest BCUT2D eigenvalue weighted by molar-refractivity contribution is -0.121. The van der Waals surface area contributed by atoms with Crippen LogP contribution in [0.1, 0.15) is 43.0 Å². The Hall–Kier alpha value is -2.82. The van der Waals surface area contributed by atoms with E-state index in [2.05, 4.69) is 17.6 Å². The Morgan fingerprint density at radius 1 is 0.963 bits per heavy atom. The van der Waals surface area contributed by atoms with Gasteiger partial charge in [-0.3, -0.25) is 9.59 Å². The van der Waals surface area contributed by atoms with Crippen molar-refractivity contribution in [3.8, 4) is 11.5 Å². The molecule has 27 heavy (non-hydrogen) atoms. The van der Waals surface area contributed by atoms with E-state index in [4.69, 9.17) is 4.74 Å². The van der Waals surface area contributed by atoms with Crippen molar-refractivity contribution in [1.82, 2.24) is 10.6 Å². The number of hydrogen-bond acceptors (Lipinski definition) is 3. The second kappa shape index (κ2) is 9.21. The van der Waals surface area contributed by atoms with Crippen LogP contribution in [0, 0.1) is 5.92 Å².